The van der Waals surface area contributed by atoms with Crippen LogP contribution in [0.4, 0.5) is 4.39 Å². The maximum absolute atomic E-state index is 13.0. The Kier molecular flexibility index (Phi) is 12.4. The Morgan fingerprint density at radius 1 is 1.06 bits per heavy atom. The van der Waals surface area contributed by atoms with Crippen molar-refractivity contribution in [1.82, 2.24) is 0 Å². The minimum Gasteiger partial charge on any atom is -0.550 e. The Labute approximate surface area is 222 Å². The molecule has 2 atom stereocenters. The molecule has 0 bridgehead atoms. The van der Waals surface area contributed by atoms with Crippen molar-refractivity contribution in [2.24, 2.45) is 0 Å². The molecule has 1 aliphatic carbocycles. The van der Waals surface area contributed by atoms with E-state index in [9.17, 15) is 24.5 Å². The number of hydrogen-bond acceptors (Lipinski definition) is 6. The molecule has 3 rings (SSSR count). The van der Waals surface area contributed by atoms with Crippen LogP contribution in [0.2, 0.25) is 0 Å². The summed E-state index contributed by atoms with van der Waals surface area (Å²) in [5.41, 5.74) is 2.15. The second kappa shape index (κ2) is 14.7. The largest absolute Gasteiger partial charge is 1.00 e. The van der Waals surface area contributed by atoms with Crippen LogP contribution in [0.25, 0.3) is 0 Å². The van der Waals surface area contributed by atoms with Crippen molar-refractivity contribution in [1.29, 1.82) is 0 Å². The van der Waals surface area contributed by atoms with Crippen LogP contribution in [-0.2, 0) is 11.2 Å². The van der Waals surface area contributed by atoms with E-state index in [1.807, 2.05) is 12.1 Å². The molecule has 2 aromatic rings. The summed E-state index contributed by atoms with van der Waals surface area (Å²) < 4.78 is 24.8. The molecule has 0 amide bonds. The molecule has 1 saturated carbocycles. The number of aliphatic hydroxyl groups excluding tert-OH is 2. The van der Waals surface area contributed by atoms with Crippen molar-refractivity contribution in [3.8, 4) is 11.5 Å². The van der Waals surface area contributed by atoms with Crippen LogP contribution >= 0.6 is 0 Å². The molecular weight excluding hydrogens is 450 g/mol. The van der Waals surface area contributed by atoms with Gasteiger partial charge in [-0.2, -0.15) is 0 Å². The molecule has 0 aliphatic heterocycles. The maximum Gasteiger partial charge on any atom is 1.00 e. The van der Waals surface area contributed by atoms with Gasteiger partial charge in [0.15, 0.2) is 0 Å². The van der Waals surface area contributed by atoms with E-state index in [0.29, 0.717) is 24.7 Å². The molecule has 8 heteroatoms. The van der Waals surface area contributed by atoms with Crippen LogP contribution in [0, 0.1) is 5.82 Å². The SMILES string of the molecule is O=C([O-])C[C@H](O)CC(O)COc1c(CCCOc2ccc(F)cc2)cccc1C1CCCC1.[Na+]. The van der Waals surface area contributed by atoms with Crippen LogP contribution in [0.1, 0.15) is 62.0 Å². The van der Waals surface area contributed by atoms with Gasteiger partial charge < -0.3 is 29.6 Å². The van der Waals surface area contributed by atoms with Gasteiger partial charge in [-0.15, -0.1) is 0 Å². The van der Waals surface area contributed by atoms with E-state index in [2.05, 4.69) is 6.07 Å². The number of aliphatic hydroxyl groups is 2. The standard InChI is InChI=1S/C26H33FO6.Na/c27-20-10-12-23(13-11-20)32-14-4-8-19-7-3-9-24(18-5-1-2-6-18)26(19)33-17-22(29)15-21(28)16-25(30)31;/h3,7,9-13,18,21-22,28-29H,1-2,4-6,8,14-17H2,(H,30,31);/q;+1/p-1/t21-,22?;/m1./s1. The summed E-state index contributed by atoms with van der Waals surface area (Å²) in [4.78, 5) is 10.6. The predicted octanol–water partition coefficient (Wildman–Crippen LogP) is 0.130. The molecule has 34 heavy (non-hydrogen) atoms. The third kappa shape index (κ3) is 9.19. The molecule has 0 radical (unpaired) electrons. The van der Waals surface area contributed by atoms with E-state index >= 15 is 0 Å². The zero-order chi connectivity index (χ0) is 23.6. The molecule has 180 valence electrons. The van der Waals surface area contributed by atoms with Gasteiger partial charge in [-0.05, 0) is 67.0 Å². The molecule has 1 fully saturated rings. The van der Waals surface area contributed by atoms with Crippen molar-refractivity contribution >= 4 is 5.97 Å². The minimum atomic E-state index is -1.35. The summed E-state index contributed by atoms with van der Waals surface area (Å²) in [6.07, 6.45) is 3.20. The first-order valence-corrected chi connectivity index (χ1v) is 11.6. The number of rotatable bonds is 13. The molecule has 2 N–H and O–H groups in total. The first-order chi connectivity index (χ1) is 15.9. The van der Waals surface area contributed by atoms with Crippen LogP contribution in [0.15, 0.2) is 42.5 Å². The fraction of sp³-hybridized carbons (Fsp3) is 0.500. The Hall–Kier alpha value is -1.64. The fourth-order valence-electron chi connectivity index (χ4n) is 4.36. The zero-order valence-corrected chi connectivity index (χ0v) is 21.7. The van der Waals surface area contributed by atoms with E-state index in [0.717, 1.165) is 36.1 Å². The van der Waals surface area contributed by atoms with Crippen LogP contribution < -0.4 is 44.1 Å². The van der Waals surface area contributed by atoms with Gasteiger partial charge in [-0.25, -0.2) is 4.39 Å². The van der Waals surface area contributed by atoms with Crippen molar-refractivity contribution in [2.45, 2.75) is 69.5 Å². The van der Waals surface area contributed by atoms with Gasteiger partial charge in [0.2, 0.25) is 0 Å². The number of carbonyl (C=O) groups excluding carboxylic acids is 1. The third-order valence-corrected chi connectivity index (χ3v) is 5.96. The van der Waals surface area contributed by atoms with E-state index in [-0.39, 0.29) is 48.4 Å². The van der Waals surface area contributed by atoms with E-state index in [1.165, 1.54) is 25.0 Å². The van der Waals surface area contributed by atoms with Gasteiger partial charge >= 0.3 is 29.6 Å². The first-order valence-electron chi connectivity index (χ1n) is 11.6. The number of benzene rings is 2. The van der Waals surface area contributed by atoms with Gasteiger partial charge in [0.05, 0.1) is 18.8 Å². The zero-order valence-electron chi connectivity index (χ0n) is 19.7. The fourth-order valence-corrected chi connectivity index (χ4v) is 4.36. The number of carboxylic acids is 1. The summed E-state index contributed by atoms with van der Waals surface area (Å²) in [6, 6.07) is 12.0. The van der Waals surface area contributed by atoms with Crippen LogP contribution in [-0.4, -0.2) is 41.6 Å². The topological polar surface area (TPSA) is 99.1 Å². The van der Waals surface area contributed by atoms with Crippen molar-refractivity contribution < 1.29 is 63.5 Å². The number of halogens is 1. The summed E-state index contributed by atoms with van der Waals surface area (Å²) in [6.45, 7) is 0.434. The van der Waals surface area contributed by atoms with Crippen molar-refractivity contribution in [2.75, 3.05) is 13.2 Å². The van der Waals surface area contributed by atoms with Gasteiger partial charge in [-0.3, -0.25) is 0 Å². The number of hydrogen-bond donors (Lipinski definition) is 2. The molecule has 2 aromatic carbocycles. The van der Waals surface area contributed by atoms with Crippen molar-refractivity contribution in [3.63, 3.8) is 0 Å². The Balaban J connectivity index is 0.00000408. The third-order valence-electron chi connectivity index (χ3n) is 5.96. The van der Waals surface area contributed by atoms with Crippen molar-refractivity contribution in [3.05, 3.63) is 59.4 Å². The number of carbonyl (C=O) groups is 1. The Morgan fingerprint density at radius 2 is 1.76 bits per heavy atom. The summed E-state index contributed by atoms with van der Waals surface area (Å²) in [5, 5.41) is 30.6. The average molecular weight is 483 g/mol. The second-order valence-electron chi connectivity index (χ2n) is 8.65. The average Bonchev–Trinajstić information content (AvgIpc) is 3.31. The first kappa shape index (κ1) is 28.6. The molecule has 1 unspecified atom stereocenters. The number of carboxylic acid groups (broad SMARTS) is 1. The number of aliphatic carboxylic acids is 1. The normalized spacial score (nSPS) is 15.4. The molecule has 0 aromatic heterocycles. The smallest absolute Gasteiger partial charge is 0.550 e. The van der Waals surface area contributed by atoms with Gasteiger partial charge in [0, 0.05) is 18.8 Å². The molecule has 0 saturated heterocycles. The Bertz CT molecular complexity index is 885. The minimum absolute atomic E-state index is 0. The molecular formula is C26H32FNaO6. The number of aryl methyl sites for hydroxylation is 1. The summed E-state index contributed by atoms with van der Waals surface area (Å²) >= 11 is 0. The van der Waals surface area contributed by atoms with Gasteiger partial charge in [0.25, 0.3) is 0 Å². The molecule has 6 nitrogen and oxygen atoms in total. The second-order valence-corrected chi connectivity index (χ2v) is 8.65. The Morgan fingerprint density at radius 3 is 2.44 bits per heavy atom. The van der Waals surface area contributed by atoms with E-state index < -0.39 is 24.6 Å². The predicted molar refractivity (Wildman–Crippen MR) is 120 cm³/mol. The van der Waals surface area contributed by atoms with E-state index in [1.54, 1.807) is 12.1 Å². The summed E-state index contributed by atoms with van der Waals surface area (Å²) in [7, 11) is 0. The number of ether oxygens (including phenoxy) is 2. The maximum atomic E-state index is 13.0. The quantitative estimate of drug-likeness (QED) is 0.311. The molecule has 1 aliphatic rings. The van der Waals surface area contributed by atoms with Gasteiger partial charge in [-0.1, -0.05) is 31.0 Å². The number of para-hydroxylation sites is 1. The summed E-state index contributed by atoms with van der Waals surface area (Å²) in [5.74, 6) is 0.135. The van der Waals surface area contributed by atoms with Crippen LogP contribution in [0.3, 0.4) is 0 Å². The molecule has 0 spiro atoms. The van der Waals surface area contributed by atoms with Gasteiger partial charge in [0.1, 0.15) is 23.9 Å². The van der Waals surface area contributed by atoms with Crippen LogP contribution in [0.5, 0.6) is 11.5 Å². The molecule has 0 heterocycles. The van der Waals surface area contributed by atoms with E-state index in [4.69, 9.17) is 9.47 Å². The monoisotopic (exact) mass is 482 g/mol.